The molecule has 8 nitrogen and oxygen atoms in total. The van der Waals surface area contributed by atoms with Gasteiger partial charge in [0.15, 0.2) is 0 Å². The van der Waals surface area contributed by atoms with E-state index < -0.39 is 0 Å². The molecule has 1 saturated carbocycles. The molecule has 37 heavy (non-hydrogen) atoms. The van der Waals surface area contributed by atoms with Gasteiger partial charge in [-0.1, -0.05) is 12.1 Å². The topological polar surface area (TPSA) is 89.0 Å². The Hall–Kier alpha value is -4.22. The van der Waals surface area contributed by atoms with Crippen LogP contribution in [0.25, 0.3) is 27.9 Å². The van der Waals surface area contributed by atoms with Crippen molar-refractivity contribution in [3.63, 3.8) is 0 Å². The van der Waals surface area contributed by atoms with Gasteiger partial charge in [0.2, 0.25) is 5.88 Å². The zero-order valence-electron chi connectivity index (χ0n) is 21.4. The van der Waals surface area contributed by atoms with Crippen LogP contribution in [0.1, 0.15) is 36.3 Å². The van der Waals surface area contributed by atoms with Crippen LogP contribution in [0.4, 0.5) is 0 Å². The van der Waals surface area contributed by atoms with E-state index in [1.165, 1.54) is 0 Å². The molecule has 0 N–H and O–H groups in total. The van der Waals surface area contributed by atoms with Gasteiger partial charge >= 0.3 is 0 Å². The predicted octanol–water partition coefficient (Wildman–Crippen LogP) is 4.38. The standard InChI is InChI=1S/C29H30N6O2/c1-33(2)12-5-13-37-28-11-10-21(16-31-28)24-14-29(36)34(3)19-26(24)22-17-32-35(18-22)27-7-4-6-23(20-8-9-20)25(27)15-30/h4,6-7,10-11,14,16-20H,5,8-9,12-13H2,1-3H3. The van der Waals surface area contributed by atoms with Gasteiger partial charge in [0, 0.05) is 61.0 Å². The van der Waals surface area contributed by atoms with Crippen molar-refractivity contribution < 1.29 is 4.74 Å². The second-order valence-electron chi connectivity index (χ2n) is 9.74. The lowest BCUT2D eigenvalue weighted by Gasteiger charge is -2.12. The van der Waals surface area contributed by atoms with Gasteiger partial charge in [0.1, 0.15) is 6.07 Å². The Labute approximate surface area is 216 Å². The van der Waals surface area contributed by atoms with Crippen molar-refractivity contribution in [3.05, 3.63) is 82.7 Å². The molecule has 4 aromatic rings. The van der Waals surface area contributed by atoms with Crippen LogP contribution in [0.5, 0.6) is 5.88 Å². The number of aromatic nitrogens is 4. The Kier molecular flexibility index (Phi) is 6.89. The highest BCUT2D eigenvalue weighted by molar-refractivity contribution is 5.82. The number of ether oxygens (including phenoxy) is 1. The van der Waals surface area contributed by atoms with Crippen LogP contribution < -0.4 is 10.3 Å². The predicted molar refractivity (Wildman–Crippen MR) is 143 cm³/mol. The van der Waals surface area contributed by atoms with E-state index in [4.69, 9.17) is 4.74 Å². The maximum atomic E-state index is 12.6. The first-order valence-electron chi connectivity index (χ1n) is 12.5. The van der Waals surface area contributed by atoms with Crippen LogP contribution in [0.15, 0.2) is 66.0 Å². The van der Waals surface area contributed by atoms with E-state index in [1.807, 2.05) is 56.8 Å². The zero-order valence-corrected chi connectivity index (χ0v) is 21.4. The molecule has 0 spiro atoms. The molecule has 1 aliphatic carbocycles. The summed E-state index contributed by atoms with van der Waals surface area (Å²) in [7, 11) is 5.80. The van der Waals surface area contributed by atoms with Crippen LogP contribution in [-0.2, 0) is 7.05 Å². The highest BCUT2D eigenvalue weighted by atomic mass is 16.5. The lowest BCUT2D eigenvalue weighted by Crippen LogP contribution is -2.16. The molecule has 0 bridgehead atoms. The Morgan fingerprint density at radius 2 is 1.95 bits per heavy atom. The molecular formula is C29H30N6O2. The summed E-state index contributed by atoms with van der Waals surface area (Å²) in [5, 5.41) is 14.5. The molecule has 8 heteroatoms. The van der Waals surface area contributed by atoms with Gasteiger partial charge in [-0.25, -0.2) is 9.67 Å². The second-order valence-corrected chi connectivity index (χ2v) is 9.74. The average molecular weight is 495 g/mol. The fourth-order valence-electron chi connectivity index (χ4n) is 4.48. The third-order valence-corrected chi connectivity index (χ3v) is 6.62. The summed E-state index contributed by atoms with van der Waals surface area (Å²) in [6.07, 6.45) is 10.4. The molecule has 1 fully saturated rings. The largest absolute Gasteiger partial charge is 0.478 e. The van der Waals surface area contributed by atoms with Crippen molar-refractivity contribution in [1.82, 2.24) is 24.2 Å². The van der Waals surface area contributed by atoms with Gasteiger partial charge in [0.05, 0.1) is 24.1 Å². The zero-order chi connectivity index (χ0) is 25.9. The molecule has 0 radical (unpaired) electrons. The fourth-order valence-corrected chi connectivity index (χ4v) is 4.48. The fraction of sp³-hybridized carbons (Fsp3) is 0.310. The number of nitrogens with zero attached hydrogens (tertiary/aromatic N) is 6. The molecule has 1 aromatic carbocycles. The molecule has 5 rings (SSSR count). The van der Waals surface area contributed by atoms with Gasteiger partial charge in [-0.3, -0.25) is 4.79 Å². The summed E-state index contributed by atoms with van der Waals surface area (Å²) in [5.41, 5.74) is 5.69. The van der Waals surface area contributed by atoms with Crippen molar-refractivity contribution >= 4 is 0 Å². The third kappa shape index (κ3) is 5.32. The molecule has 3 heterocycles. The molecule has 0 amide bonds. The maximum Gasteiger partial charge on any atom is 0.250 e. The number of hydrogen-bond acceptors (Lipinski definition) is 6. The van der Waals surface area contributed by atoms with E-state index in [0.717, 1.165) is 59.3 Å². The van der Waals surface area contributed by atoms with Crippen LogP contribution in [0.3, 0.4) is 0 Å². The number of rotatable bonds is 9. The monoisotopic (exact) mass is 494 g/mol. The Bertz CT molecular complexity index is 1510. The van der Waals surface area contributed by atoms with E-state index in [-0.39, 0.29) is 5.56 Å². The van der Waals surface area contributed by atoms with Gasteiger partial charge < -0.3 is 14.2 Å². The molecule has 188 valence electrons. The normalized spacial score (nSPS) is 13.1. The number of pyridine rings is 2. The minimum Gasteiger partial charge on any atom is -0.478 e. The molecule has 0 unspecified atom stereocenters. The van der Waals surface area contributed by atoms with Crippen LogP contribution >= 0.6 is 0 Å². The van der Waals surface area contributed by atoms with Crippen molar-refractivity contribution in [2.75, 3.05) is 27.2 Å². The quantitative estimate of drug-likeness (QED) is 0.321. The first kappa shape index (κ1) is 24.5. The molecule has 0 aliphatic heterocycles. The third-order valence-electron chi connectivity index (χ3n) is 6.62. The van der Waals surface area contributed by atoms with Gasteiger partial charge in [0.25, 0.3) is 5.56 Å². The Balaban J connectivity index is 1.46. The number of benzene rings is 1. The molecule has 0 atom stereocenters. The number of aryl methyl sites for hydroxylation is 1. The van der Waals surface area contributed by atoms with Crippen LogP contribution in [-0.4, -0.2) is 51.5 Å². The van der Waals surface area contributed by atoms with Crippen molar-refractivity contribution in [1.29, 1.82) is 5.26 Å². The minimum atomic E-state index is -0.112. The van der Waals surface area contributed by atoms with Crippen molar-refractivity contribution in [2.24, 2.45) is 7.05 Å². The summed E-state index contributed by atoms with van der Waals surface area (Å²) in [6, 6.07) is 13.7. The number of hydrogen-bond donors (Lipinski definition) is 0. The molecular weight excluding hydrogens is 464 g/mol. The SMILES string of the molecule is CN(C)CCCOc1ccc(-c2cc(=O)n(C)cc2-c2cnn(-c3cccc(C4CC4)c3C#N)c2)cn1. The first-order valence-corrected chi connectivity index (χ1v) is 12.5. The highest BCUT2D eigenvalue weighted by Gasteiger charge is 2.27. The lowest BCUT2D eigenvalue weighted by atomic mass is 9.99. The summed E-state index contributed by atoms with van der Waals surface area (Å²) in [5.74, 6) is 1.02. The van der Waals surface area contributed by atoms with Gasteiger partial charge in [-0.2, -0.15) is 10.4 Å². The smallest absolute Gasteiger partial charge is 0.250 e. The van der Waals surface area contributed by atoms with Crippen LogP contribution in [0.2, 0.25) is 0 Å². The van der Waals surface area contributed by atoms with E-state index >= 15 is 0 Å². The van der Waals surface area contributed by atoms with Crippen molar-refractivity contribution in [3.8, 4) is 39.9 Å². The highest BCUT2D eigenvalue weighted by Crippen LogP contribution is 2.42. The first-order chi connectivity index (χ1) is 17.9. The minimum absolute atomic E-state index is 0.112. The molecule has 3 aromatic heterocycles. The van der Waals surface area contributed by atoms with E-state index in [1.54, 1.807) is 34.8 Å². The average Bonchev–Trinajstić information content (AvgIpc) is 3.64. The summed E-state index contributed by atoms with van der Waals surface area (Å²) in [6.45, 7) is 1.54. The van der Waals surface area contributed by atoms with E-state index in [2.05, 4.69) is 21.1 Å². The Morgan fingerprint density at radius 1 is 1.11 bits per heavy atom. The second kappa shape index (κ2) is 10.4. The summed E-state index contributed by atoms with van der Waals surface area (Å²) >= 11 is 0. The summed E-state index contributed by atoms with van der Waals surface area (Å²) < 4.78 is 9.07. The molecule has 1 aliphatic rings. The van der Waals surface area contributed by atoms with Gasteiger partial charge in [-0.05, 0) is 62.5 Å². The summed E-state index contributed by atoms with van der Waals surface area (Å²) in [4.78, 5) is 19.1. The number of nitriles is 1. The van der Waals surface area contributed by atoms with E-state index in [0.29, 0.717) is 24.0 Å². The van der Waals surface area contributed by atoms with E-state index in [9.17, 15) is 10.1 Å². The van der Waals surface area contributed by atoms with Crippen LogP contribution in [0, 0.1) is 11.3 Å². The van der Waals surface area contributed by atoms with Crippen molar-refractivity contribution in [2.45, 2.75) is 25.2 Å². The molecule has 0 saturated heterocycles. The Morgan fingerprint density at radius 3 is 2.65 bits per heavy atom. The maximum absolute atomic E-state index is 12.6. The van der Waals surface area contributed by atoms with Gasteiger partial charge in [-0.15, -0.1) is 0 Å². The lowest BCUT2D eigenvalue weighted by molar-refractivity contribution is 0.273.